The molecule has 6 nitrogen and oxygen atoms in total. The van der Waals surface area contributed by atoms with E-state index in [-0.39, 0.29) is 29.8 Å². The summed E-state index contributed by atoms with van der Waals surface area (Å²) in [6.07, 6.45) is 1.61. The van der Waals surface area contributed by atoms with Gasteiger partial charge >= 0.3 is 0 Å². The van der Waals surface area contributed by atoms with Crippen molar-refractivity contribution < 1.29 is 13.9 Å². The maximum atomic E-state index is 13.7. The molecule has 0 saturated heterocycles. The van der Waals surface area contributed by atoms with Crippen molar-refractivity contribution in [3.8, 4) is 5.75 Å². The summed E-state index contributed by atoms with van der Waals surface area (Å²) in [7, 11) is 0. The van der Waals surface area contributed by atoms with Gasteiger partial charge in [-0.15, -0.1) is 0 Å². The second kappa shape index (κ2) is 8.23. The van der Waals surface area contributed by atoms with Gasteiger partial charge in [-0.05, 0) is 41.6 Å². The van der Waals surface area contributed by atoms with E-state index in [1.165, 1.54) is 22.8 Å². The van der Waals surface area contributed by atoms with E-state index in [1.54, 1.807) is 48.5 Å². The molecule has 2 aliphatic heterocycles. The number of hydrogen-bond acceptors (Lipinski definition) is 5. The summed E-state index contributed by atoms with van der Waals surface area (Å²) in [5, 5.41) is 15.4. The smallest absolute Gasteiger partial charge is 0.283 e. The van der Waals surface area contributed by atoms with Gasteiger partial charge in [0.25, 0.3) is 5.91 Å². The number of carbonyl (C=O) groups is 1. The topological polar surface area (TPSA) is 78.1 Å². The Balaban J connectivity index is 1.49. The summed E-state index contributed by atoms with van der Waals surface area (Å²) in [6.45, 7) is 4.13. The highest BCUT2D eigenvalue weighted by molar-refractivity contribution is 8.27. The van der Waals surface area contributed by atoms with Gasteiger partial charge in [-0.2, -0.15) is 15.1 Å². The normalized spacial score (nSPS) is 17.3. The first-order valence-corrected chi connectivity index (χ1v) is 10.2. The lowest BCUT2D eigenvalue weighted by Crippen LogP contribution is -2.35. The summed E-state index contributed by atoms with van der Waals surface area (Å²) in [5.74, 6) is 0.00624. The lowest BCUT2D eigenvalue weighted by Gasteiger charge is -2.20. The van der Waals surface area contributed by atoms with E-state index in [4.69, 9.17) is 10.1 Å². The van der Waals surface area contributed by atoms with Gasteiger partial charge in [0, 0.05) is 11.5 Å². The zero-order valence-corrected chi connectivity index (χ0v) is 17.2. The van der Waals surface area contributed by atoms with Gasteiger partial charge < -0.3 is 4.74 Å². The predicted octanol–water partition coefficient (Wildman–Crippen LogP) is 4.68. The minimum absolute atomic E-state index is 0.00743. The number of nitrogens with one attached hydrogen (secondary N) is 1. The molecule has 152 valence electrons. The average Bonchev–Trinajstić information content (AvgIpc) is 3.16. The van der Waals surface area contributed by atoms with Gasteiger partial charge in [-0.3, -0.25) is 10.2 Å². The van der Waals surface area contributed by atoms with Crippen molar-refractivity contribution in [1.29, 1.82) is 5.41 Å². The third kappa shape index (κ3) is 4.04. The lowest BCUT2D eigenvalue weighted by atomic mass is 10.1. The van der Waals surface area contributed by atoms with Crippen molar-refractivity contribution in [3.05, 3.63) is 71.0 Å². The quantitative estimate of drug-likeness (QED) is 0.710. The number of fused-ring (bicyclic) bond motifs is 1. The molecule has 30 heavy (non-hydrogen) atoms. The largest absolute Gasteiger partial charge is 0.489 e. The molecule has 8 heteroatoms. The SMILES string of the molecule is CC(C)C1=NN2C(=N)/C(=C\c3ccc(OCc4ccccc4F)cc3)C(=O)N=C2S1. The van der Waals surface area contributed by atoms with Crippen molar-refractivity contribution in [2.45, 2.75) is 20.5 Å². The first-order valence-electron chi connectivity index (χ1n) is 9.39. The summed E-state index contributed by atoms with van der Waals surface area (Å²) in [4.78, 5) is 16.5. The molecule has 0 unspecified atom stereocenters. The fourth-order valence-corrected chi connectivity index (χ4v) is 3.74. The van der Waals surface area contributed by atoms with Crippen LogP contribution in [-0.2, 0) is 11.4 Å². The Morgan fingerprint density at radius 1 is 1.20 bits per heavy atom. The maximum Gasteiger partial charge on any atom is 0.283 e. The molecule has 2 aromatic carbocycles. The summed E-state index contributed by atoms with van der Waals surface area (Å²) in [6, 6.07) is 13.5. The Morgan fingerprint density at radius 3 is 2.63 bits per heavy atom. The van der Waals surface area contributed by atoms with Crippen LogP contribution in [0.15, 0.2) is 64.2 Å². The van der Waals surface area contributed by atoms with Crippen molar-refractivity contribution >= 4 is 39.8 Å². The Morgan fingerprint density at radius 2 is 1.93 bits per heavy atom. The van der Waals surface area contributed by atoms with Gasteiger partial charge in [-0.25, -0.2) is 4.39 Å². The molecule has 1 N–H and O–H groups in total. The molecule has 2 aromatic rings. The van der Waals surface area contributed by atoms with Crippen molar-refractivity contribution in [2.75, 3.05) is 0 Å². The summed E-state index contributed by atoms with van der Waals surface area (Å²) < 4.78 is 19.3. The Kier molecular flexibility index (Phi) is 5.50. The van der Waals surface area contributed by atoms with E-state index in [9.17, 15) is 9.18 Å². The van der Waals surface area contributed by atoms with E-state index in [0.717, 1.165) is 10.6 Å². The zero-order chi connectivity index (χ0) is 21.3. The van der Waals surface area contributed by atoms with Gasteiger partial charge in [0.1, 0.15) is 23.2 Å². The van der Waals surface area contributed by atoms with Crippen LogP contribution in [0.5, 0.6) is 5.75 Å². The minimum Gasteiger partial charge on any atom is -0.489 e. The molecule has 0 atom stereocenters. The predicted molar refractivity (Wildman–Crippen MR) is 117 cm³/mol. The van der Waals surface area contributed by atoms with Gasteiger partial charge in [0.05, 0.1) is 5.57 Å². The first kappa shape index (κ1) is 20.0. The van der Waals surface area contributed by atoms with Crippen molar-refractivity contribution in [2.24, 2.45) is 16.0 Å². The molecular weight excluding hydrogens is 403 g/mol. The Bertz CT molecular complexity index is 1110. The number of aliphatic imine (C=N–C) groups is 1. The summed E-state index contributed by atoms with van der Waals surface area (Å²) >= 11 is 1.32. The number of hydrogen-bond donors (Lipinski definition) is 1. The monoisotopic (exact) mass is 422 g/mol. The van der Waals surface area contributed by atoms with Crippen LogP contribution in [-0.4, -0.2) is 27.0 Å². The van der Waals surface area contributed by atoms with Crippen molar-refractivity contribution in [1.82, 2.24) is 5.01 Å². The number of halogens is 1. The number of ether oxygens (including phenoxy) is 1. The molecule has 0 spiro atoms. The molecule has 0 bridgehead atoms. The summed E-state index contributed by atoms with van der Waals surface area (Å²) in [5.41, 5.74) is 1.37. The van der Waals surface area contributed by atoms with E-state index >= 15 is 0 Å². The number of benzene rings is 2. The van der Waals surface area contributed by atoms with Crippen LogP contribution in [0, 0.1) is 17.1 Å². The van der Waals surface area contributed by atoms with Crippen LogP contribution in [0.25, 0.3) is 6.08 Å². The number of rotatable bonds is 5. The van der Waals surface area contributed by atoms with E-state index in [1.807, 2.05) is 13.8 Å². The fourth-order valence-electron chi connectivity index (χ4n) is 2.84. The first-order chi connectivity index (χ1) is 14.4. The van der Waals surface area contributed by atoms with Crippen LogP contribution < -0.4 is 4.74 Å². The Labute approximate surface area is 177 Å². The average molecular weight is 422 g/mol. The fraction of sp³-hybridized carbons (Fsp3) is 0.182. The van der Waals surface area contributed by atoms with E-state index in [0.29, 0.717) is 16.5 Å². The van der Waals surface area contributed by atoms with Crippen LogP contribution >= 0.6 is 11.8 Å². The molecule has 4 rings (SSSR count). The number of hydrazone groups is 1. The number of amides is 1. The third-order valence-corrected chi connectivity index (χ3v) is 5.72. The maximum absolute atomic E-state index is 13.7. The molecule has 1 amide bonds. The zero-order valence-electron chi connectivity index (χ0n) is 16.4. The number of thioether (sulfide) groups is 1. The Hall–Kier alpha value is -3.26. The standard InChI is InChI=1S/C22H19FN4O2S/c1-13(2)21-26-27-19(24)17(20(28)25-22(27)30-21)11-14-7-9-16(10-8-14)29-12-15-5-3-4-6-18(15)23/h3-11,13,24H,12H2,1-2H3/b17-11+,24-19?. The van der Waals surface area contributed by atoms with Gasteiger partial charge in [0.15, 0.2) is 5.84 Å². The van der Waals surface area contributed by atoms with Crippen LogP contribution in [0.3, 0.4) is 0 Å². The lowest BCUT2D eigenvalue weighted by molar-refractivity contribution is -0.114. The van der Waals surface area contributed by atoms with Crippen LogP contribution in [0.2, 0.25) is 0 Å². The molecule has 0 aliphatic carbocycles. The van der Waals surface area contributed by atoms with Gasteiger partial charge in [-0.1, -0.05) is 44.2 Å². The minimum atomic E-state index is -0.459. The van der Waals surface area contributed by atoms with Crippen LogP contribution in [0.1, 0.15) is 25.0 Å². The molecule has 0 aromatic heterocycles. The third-order valence-electron chi connectivity index (χ3n) is 4.51. The molecule has 2 aliphatic rings. The van der Waals surface area contributed by atoms with Crippen LogP contribution in [0.4, 0.5) is 4.39 Å². The number of nitrogens with zero attached hydrogens (tertiary/aromatic N) is 3. The van der Waals surface area contributed by atoms with E-state index in [2.05, 4.69) is 10.1 Å². The number of carbonyl (C=O) groups excluding carboxylic acids is 1. The highest BCUT2D eigenvalue weighted by Crippen LogP contribution is 2.30. The van der Waals surface area contributed by atoms with Crippen molar-refractivity contribution in [3.63, 3.8) is 0 Å². The molecule has 0 fully saturated rings. The highest BCUT2D eigenvalue weighted by atomic mass is 32.2. The number of amidine groups is 2. The molecular formula is C22H19FN4O2S. The van der Waals surface area contributed by atoms with Gasteiger partial charge in [0.2, 0.25) is 5.17 Å². The highest BCUT2D eigenvalue weighted by Gasteiger charge is 2.36. The second-order valence-corrected chi connectivity index (χ2v) is 8.05. The molecule has 0 radical (unpaired) electrons. The molecule has 2 heterocycles. The second-order valence-electron chi connectivity index (χ2n) is 7.06. The molecule has 0 saturated carbocycles. The van der Waals surface area contributed by atoms with E-state index < -0.39 is 5.91 Å².